The summed E-state index contributed by atoms with van der Waals surface area (Å²) in [4.78, 5) is 26.7. The zero-order valence-electron chi connectivity index (χ0n) is 26.8. The molecule has 7 rings (SSSR count). The third-order valence-corrected chi connectivity index (χ3v) is 10.5. The predicted octanol–water partition coefficient (Wildman–Crippen LogP) is 7.11. The molecule has 1 N–H and O–H groups in total. The van der Waals surface area contributed by atoms with E-state index in [0.717, 1.165) is 15.5 Å². The van der Waals surface area contributed by atoms with Crippen LogP contribution in [0.2, 0.25) is 5.02 Å². The van der Waals surface area contributed by atoms with E-state index in [1.54, 1.807) is 56.5 Å². The number of aromatic nitrogens is 6. The number of ether oxygens (including phenoxy) is 5. The van der Waals surface area contributed by atoms with E-state index < -0.39 is 47.8 Å². The molecule has 0 spiro atoms. The highest BCUT2D eigenvalue weighted by atomic mass is 35.5. The number of carbonyl (C=O) groups excluding carboxylic acids is 1. The first-order valence-corrected chi connectivity index (χ1v) is 18.3. The Kier molecular flexibility index (Phi) is 9.99. The molecule has 2 fully saturated rings. The van der Waals surface area contributed by atoms with Crippen LogP contribution in [0.3, 0.4) is 0 Å². The van der Waals surface area contributed by atoms with Crippen molar-refractivity contribution in [1.29, 1.82) is 0 Å². The summed E-state index contributed by atoms with van der Waals surface area (Å²) in [5.41, 5.74) is 1.44. The maximum absolute atomic E-state index is 12.3. The molecule has 256 valence electrons. The van der Waals surface area contributed by atoms with Crippen molar-refractivity contribution < 1.29 is 28.5 Å². The van der Waals surface area contributed by atoms with Gasteiger partial charge in [0, 0.05) is 40.7 Å². The topological polar surface area (TPSA) is 145 Å². The monoisotopic (exact) mass is 741 g/mol. The number of thiazole rings is 2. The quantitative estimate of drug-likeness (QED) is 0.173. The van der Waals surface area contributed by atoms with Gasteiger partial charge in [0.15, 0.2) is 11.4 Å². The third-order valence-electron chi connectivity index (χ3n) is 7.54. The first-order chi connectivity index (χ1) is 23.6. The number of carbonyl (C=O) groups is 1. The van der Waals surface area contributed by atoms with E-state index in [1.807, 2.05) is 41.8 Å². The number of anilines is 1. The Bertz CT molecular complexity index is 1890. The van der Waals surface area contributed by atoms with Crippen LogP contribution < -0.4 is 5.32 Å². The van der Waals surface area contributed by atoms with E-state index in [1.165, 1.54) is 34.4 Å². The van der Waals surface area contributed by atoms with Crippen LogP contribution in [0.25, 0.3) is 22.1 Å². The Morgan fingerprint density at radius 1 is 1.14 bits per heavy atom. The lowest BCUT2D eigenvalue weighted by Gasteiger charge is -2.48. The average molecular weight is 742 g/mol. The fourth-order valence-electron chi connectivity index (χ4n) is 5.51. The van der Waals surface area contributed by atoms with E-state index in [-0.39, 0.29) is 6.61 Å². The molecule has 6 heterocycles. The molecule has 1 aromatic carbocycles. The number of hydrogen-bond donors (Lipinski definition) is 1. The van der Waals surface area contributed by atoms with Crippen molar-refractivity contribution in [1.82, 2.24) is 29.9 Å². The van der Waals surface area contributed by atoms with Crippen LogP contribution in [-0.2, 0) is 23.7 Å². The number of nitrogens with zero attached hydrogens (tertiary/aromatic N) is 6. The zero-order valence-corrected chi connectivity index (χ0v) is 30.0. The first kappa shape index (κ1) is 34.0. The molecule has 4 aromatic heterocycles. The summed E-state index contributed by atoms with van der Waals surface area (Å²) in [5, 5.41) is 17.0. The highest BCUT2D eigenvalue weighted by molar-refractivity contribution is 8.00. The number of nitrogens with one attached hydrogen (secondary N) is 1. The summed E-state index contributed by atoms with van der Waals surface area (Å²) in [5.74, 6) is 0. The van der Waals surface area contributed by atoms with Gasteiger partial charge in [-0.2, -0.15) is 0 Å². The number of amides is 1. The third kappa shape index (κ3) is 7.66. The average Bonchev–Trinajstić information content (AvgIpc) is 3.87. The van der Waals surface area contributed by atoms with Crippen LogP contribution in [0, 0.1) is 0 Å². The van der Waals surface area contributed by atoms with E-state index >= 15 is 0 Å². The molecule has 5 aromatic rings. The van der Waals surface area contributed by atoms with Gasteiger partial charge in [0.2, 0.25) is 0 Å². The molecular weight excluding hydrogens is 710 g/mol. The van der Waals surface area contributed by atoms with Crippen molar-refractivity contribution in [3.63, 3.8) is 0 Å². The van der Waals surface area contributed by atoms with Gasteiger partial charge < -0.3 is 23.7 Å². The Morgan fingerprint density at radius 2 is 1.98 bits per heavy atom. The number of fused-ring (bicyclic) bond motifs is 1. The maximum atomic E-state index is 12.3. The number of rotatable bonds is 8. The molecule has 6 atom stereocenters. The van der Waals surface area contributed by atoms with Crippen LogP contribution in [0.15, 0.2) is 70.6 Å². The zero-order chi connectivity index (χ0) is 34.1. The van der Waals surface area contributed by atoms with Crippen molar-refractivity contribution in [2.45, 2.75) is 67.3 Å². The molecule has 13 nitrogen and oxygen atoms in total. The summed E-state index contributed by atoms with van der Waals surface area (Å²) in [6.45, 7) is 5.66. The summed E-state index contributed by atoms with van der Waals surface area (Å²) in [7, 11) is 1.63. The van der Waals surface area contributed by atoms with Crippen molar-refractivity contribution in [2.24, 2.45) is 0 Å². The molecule has 0 aliphatic carbocycles. The van der Waals surface area contributed by atoms with Crippen molar-refractivity contribution >= 4 is 57.3 Å². The molecule has 17 heteroatoms. The standard InChI is InChI=1S/C32H32ClN7O6S3/c1-32(2,3)46-31(41)37-30-36-20(16-48-30)19-14-40(39-38-19)24-25-21(15-43-28(45-25)17-8-6-5-7-9-17)44-29(26(24)42-4)49-22-12-18(33)13-35-23(22)27-34-10-11-47-27/h5-14,16,21,24-26,28-29H,15H2,1-4H3,(H,36,37,41)/t21?,24?,25-,26-,28?,29+/m0/s1. The number of methoxy groups -OCH3 is 1. The van der Waals surface area contributed by atoms with Gasteiger partial charge in [0.05, 0.1) is 17.8 Å². The molecule has 2 aliphatic rings. The minimum absolute atomic E-state index is 0.273. The minimum atomic E-state index is -0.639. The van der Waals surface area contributed by atoms with Crippen LogP contribution in [0.4, 0.5) is 9.93 Å². The molecule has 0 bridgehead atoms. The number of thioether (sulfide) groups is 1. The van der Waals surface area contributed by atoms with Gasteiger partial charge in [0.1, 0.15) is 57.5 Å². The van der Waals surface area contributed by atoms with Gasteiger partial charge in [0.25, 0.3) is 0 Å². The highest BCUT2D eigenvalue weighted by Crippen LogP contribution is 2.46. The second-order valence-electron chi connectivity index (χ2n) is 12.1. The fraction of sp³-hybridized carbons (Fsp3) is 0.375. The summed E-state index contributed by atoms with van der Waals surface area (Å²) in [6.07, 6.45) is 2.37. The van der Waals surface area contributed by atoms with Gasteiger partial charge in [-0.15, -0.1) is 27.8 Å². The van der Waals surface area contributed by atoms with Crippen LogP contribution in [0.1, 0.15) is 38.7 Å². The molecule has 49 heavy (non-hydrogen) atoms. The van der Waals surface area contributed by atoms with Crippen molar-refractivity contribution in [3.8, 4) is 22.1 Å². The molecular formula is C32H32ClN7O6S3. The second-order valence-corrected chi connectivity index (χ2v) is 15.4. The van der Waals surface area contributed by atoms with E-state index in [9.17, 15) is 4.79 Å². The largest absolute Gasteiger partial charge is 0.444 e. The summed E-state index contributed by atoms with van der Waals surface area (Å²) < 4.78 is 32.8. The van der Waals surface area contributed by atoms with Gasteiger partial charge in [-0.25, -0.2) is 19.4 Å². The van der Waals surface area contributed by atoms with Gasteiger partial charge >= 0.3 is 6.09 Å². The normalized spacial score (nSPS) is 23.9. The van der Waals surface area contributed by atoms with E-state index in [0.29, 0.717) is 27.2 Å². The highest BCUT2D eigenvalue weighted by Gasteiger charge is 2.52. The molecule has 2 saturated heterocycles. The van der Waals surface area contributed by atoms with Crippen LogP contribution in [-0.4, -0.2) is 79.1 Å². The maximum Gasteiger partial charge on any atom is 0.413 e. The molecule has 3 unspecified atom stereocenters. The number of halogens is 1. The van der Waals surface area contributed by atoms with Gasteiger partial charge in [-0.05, 0) is 26.8 Å². The Balaban J connectivity index is 1.20. The number of benzene rings is 1. The fourth-order valence-corrected chi connectivity index (χ4v) is 8.44. The lowest BCUT2D eigenvalue weighted by Crippen LogP contribution is -2.59. The second kappa shape index (κ2) is 14.4. The lowest BCUT2D eigenvalue weighted by molar-refractivity contribution is -0.308. The molecule has 0 radical (unpaired) electrons. The van der Waals surface area contributed by atoms with Crippen LogP contribution >= 0.6 is 46.0 Å². The summed E-state index contributed by atoms with van der Waals surface area (Å²) in [6, 6.07) is 11.1. The van der Waals surface area contributed by atoms with E-state index in [4.69, 9.17) is 35.3 Å². The van der Waals surface area contributed by atoms with Crippen molar-refractivity contribution in [2.75, 3.05) is 19.0 Å². The minimum Gasteiger partial charge on any atom is -0.444 e. The van der Waals surface area contributed by atoms with Gasteiger partial charge in [-0.3, -0.25) is 10.3 Å². The van der Waals surface area contributed by atoms with E-state index in [2.05, 4.69) is 30.6 Å². The number of pyridine rings is 1. The SMILES string of the molecule is CO[C@H]1C(n2cc(-c3csc(NC(=O)OC(C)(C)C)n3)nn2)[C@H]2OC(c3ccccc3)OCC2O[C@@H]1Sc1cc(Cl)cnc1-c1nccs1. The lowest BCUT2D eigenvalue weighted by atomic mass is 9.95. The first-order valence-electron chi connectivity index (χ1n) is 15.3. The Morgan fingerprint density at radius 3 is 2.73 bits per heavy atom. The number of hydrogen-bond acceptors (Lipinski definition) is 14. The molecule has 2 aliphatic heterocycles. The summed E-state index contributed by atoms with van der Waals surface area (Å²) >= 11 is 10.6. The van der Waals surface area contributed by atoms with Crippen LogP contribution in [0.5, 0.6) is 0 Å². The molecule has 1 amide bonds. The van der Waals surface area contributed by atoms with Gasteiger partial charge in [-0.1, -0.05) is 58.9 Å². The Hall–Kier alpha value is -3.48. The van der Waals surface area contributed by atoms with Crippen molar-refractivity contribution in [3.05, 3.63) is 76.3 Å². The predicted molar refractivity (Wildman–Crippen MR) is 186 cm³/mol. The Labute approximate surface area is 299 Å². The molecule has 0 saturated carbocycles. The smallest absolute Gasteiger partial charge is 0.413 e.